The topological polar surface area (TPSA) is 53.2 Å². The largest absolute Gasteiger partial charge is 0.388 e. The first kappa shape index (κ1) is 11.9. The van der Waals surface area contributed by atoms with Gasteiger partial charge < -0.3 is 9.84 Å². The molecule has 2 bridgehead atoms. The average molecular weight is 223 g/mol. The van der Waals surface area contributed by atoms with E-state index in [4.69, 9.17) is 4.74 Å². The Morgan fingerprint density at radius 2 is 2.31 bits per heavy atom. The molecule has 16 heavy (non-hydrogen) atoms. The summed E-state index contributed by atoms with van der Waals surface area (Å²) >= 11 is 0. The van der Waals surface area contributed by atoms with Gasteiger partial charge in [-0.15, -0.1) is 0 Å². The maximum absolute atomic E-state index is 10.8. The smallest absolute Gasteiger partial charge is 0.114 e. The second kappa shape index (κ2) is 3.72. The minimum Gasteiger partial charge on any atom is -0.388 e. The average Bonchev–Trinajstić information content (AvgIpc) is 2.87. The van der Waals surface area contributed by atoms with Gasteiger partial charge in [0, 0.05) is 0 Å². The van der Waals surface area contributed by atoms with Crippen LogP contribution in [-0.2, 0) is 4.74 Å². The molecule has 0 aromatic carbocycles. The summed E-state index contributed by atoms with van der Waals surface area (Å²) in [6, 6.07) is 2.39. The Kier molecular flexibility index (Phi) is 2.76. The van der Waals surface area contributed by atoms with Gasteiger partial charge in [-0.25, -0.2) is 0 Å². The molecule has 0 aliphatic carbocycles. The van der Waals surface area contributed by atoms with Gasteiger partial charge in [-0.05, 0) is 32.1 Å². The van der Waals surface area contributed by atoms with Crippen LogP contribution in [0.4, 0.5) is 0 Å². The standard InChI is InChI=1S/C13H21NO2/c1-4-9(2)12(3,15)13(8-14)7-10-5-6-11(13)16-10/h9-11,15H,4-7H2,1-3H3. The molecule has 1 N–H and O–H groups in total. The molecule has 0 radical (unpaired) electrons. The van der Waals surface area contributed by atoms with Gasteiger partial charge in [0.2, 0.25) is 0 Å². The molecule has 2 aliphatic rings. The molecule has 2 aliphatic heterocycles. The lowest BCUT2D eigenvalue weighted by atomic mass is 9.60. The van der Waals surface area contributed by atoms with Gasteiger partial charge in [0.25, 0.3) is 0 Å². The number of aliphatic hydroxyl groups is 1. The third-order valence-electron chi connectivity index (χ3n) is 4.88. The molecule has 2 heterocycles. The fraction of sp³-hybridized carbons (Fsp3) is 0.923. The van der Waals surface area contributed by atoms with Crippen molar-refractivity contribution in [3.8, 4) is 6.07 Å². The zero-order chi connectivity index (χ0) is 12.0. The molecule has 0 aromatic rings. The lowest BCUT2D eigenvalue weighted by Gasteiger charge is -2.44. The highest BCUT2D eigenvalue weighted by molar-refractivity contribution is 5.20. The van der Waals surface area contributed by atoms with Gasteiger partial charge in [0.05, 0.1) is 23.9 Å². The summed E-state index contributed by atoms with van der Waals surface area (Å²) in [4.78, 5) is 0. The fourth-order valence-corrected chi connectivity index (χ4v) is 3.31. The predicted octanol–water partition coefficient (Wildman–Crippen LogP) is 2.24. The number of nitriles is 1. The van der Waals surface area contributed by atoms with Crippen molar-refractivity contribution in [3.05, 3.63) is 0 Å². The van der Waals surface area contributed by atoms with Crippen LogP contribution in [0.15, 0.2) is 0 Å². The van der Waals surface area contributed by atoms with Crippen molar-refractivity contribution in [1.82, 2.24) is 0 Å². The number of ether oxygens (including phenoxy) is 1. The van der Waals surface area contributed by atoms with E-state index < -0.39 is 11.0 Å². The van der Waals surface area contributed by atoms with Crippen LogP contribution in [0.2, 0.25) is 0 Å². The minimum atomic E-state index is -0.948. The van der Waals surface area contributed by atoms with Gasteiger partial charge >= 0.3 is 0 Å². The van der Waals surface area contributed by atoms with Crippen LogP contribution in [0, 0.1) is 22.7 Å². The third kappa shape index (κ3) is 1.33. The van der Waals surface area contributed by atoms with Crippen LogP contribution >= 0.6 is 0 Å². The number of nitrogens with zero attached hydrogens (tertiary/aromatic N) is 1. The van der Waals surface area contributed by atoms with Crippen molar-refractivity contribution in [2.45, 2.75) is 64.3 Å². The lowest BCUT2D eigenvalue weighted by Crippen LogP contribution is -2.54. The third-order valence-corrected chi connectivity index (χ3v) is 4.88. The van der Waals surface area contributed by atoms with Gasteiger partial charge in [-0.1, -0.05) is 20.3 Å². The lowest BCUT2D eigenvalue weighted by molar-refractivity contribution is -0.107. The Morgan fingerprint density at radius 1 is 1.62 bits per heavy atom. The van der Waals surface area contributed by atoms with Crippen LogP contribution in [0.3, 0.4) is 0 Å². The second-order valence-corrected chi connectivity index (χ2v) is 5.57. The molecule has 0 saturated carbocycles. The Labute approximate surface area is 97.4 Å². The van der Waals surface area contributed by atoms with E-state index in [0.29, 0.717) is 6.42 Å². The molecular formula is C13H21NO2. The van der Waals surface area contributed by atoms with E-state index in [-0.39, 0.29) is 18.1 Å². The number of hydrogen-bond donors (Lipinski definition) is 1. The Balaban J connectivity index is 2.33. The van der Waals surface area contributed by atoms with Crippen LogP contribution in [0.1, 0.15) is 46.5 Å². The molecule has 2 fully saturated rings. The summed E-state index contributed by atoms with van der Waals surface area (Å²) in [5.41, 5.74) is -1.64. The molecule has 2 saturated heterocycles. The quantitative estimate of drug-likeness (QED) is 0.798. The first-order chi connectivity index (χ1) is 7.48. The van der Waals surface area contributed by atoms with Gasteiger partial charge in [0.1, 0.15) is 5.41 Å². The van der Waals surface area contributed by atoms with E-state index >= 15 is 0 Å². The summed E-state index contributed by atoms with van der Waals surface area (Å²) in [5.74, 6) is 0.120. The molecule has 2 rings (SSSR count). The highest BCUT2D eigenvalue weighted by Gasteiger charge is 2.63. The summed E-state index contributed by atoms with van der Waals surface area (Å²) in [6.07, 6.45) is 3.68. The molecule has 0 spiro atoms. The molecule has 3 nitrogen and oxygen atoms in total. The number of hydrogen-bond acceptors (Lipinski definition) is 3. The molecular weight excluding hydrogens is 202 g/mol. The van der Waals surface area contributed by atoms with E-state index in [2.05, 4.69) is 13.0 Å². The molecule has 0 amide bonds. The highest BCUT2D eigenvalue weighted by Crippen LogP contribution is 2.55. The van der Waals surface area contributed by atoms with E-state index in [1.807, 2.05) is 13.8 Å². The van der Waals surface area contributed by atoms with Gasteiger partial charge in [-0.2, -0.15) is 5.26 Å². The van der Waals surface area contributed by atoms with Gasteiger partial charge in [-0.3, -0.25) is 0 Å². The van der Waals surface area contributed by atoms with E-state index in [1.165, 1.54) is 0 Å². The zero-order valence-electron chi connectivity index (χ0n) is 10.4. The van der Waals surface area contributed by atoms with Crippen molar-refractivity contribution in [3.63, 3.8) is 0 Å². The van der Waals surface area contributed by atoms with Crippen LogP contribution in [0.5, 0.6) is 0 Å². The first-order valence-corrected chi connectivity index (χ1v) is 6.27. The van der Waals surface area contributed by atoms with Crippen LogP contribution < -0.4 is 0 Å². The molecule has 5 atom stereocenters. The summed E-state index contributed by atoms with van der Waals surface area (Å²) in [5, 5.41) is 20.3. The SMILES string of the molecule is CCC(C)C(C)(O)C1(C#N)CC2CCC1O2. The van der Waals surface area contributed by atoms with Crippen molar-refractivity contribution in [2.75, 3.05) is 0 Å². The van der Waals surface area contributed by atoms with E-state index in [1.54, 1.807) is 0 Å². The first-order valence-electron chi connectivity index (χ1n) is 6.27. The molecule has 3 heteroatoms. The van der Waals surface area contributed by atoms with E-state index in [0.717, 1.165) is 19.3 Å². The minimum absolute atomic E-state index is 0.0634. The van der Waals surface area contributed by atoms with Crippen LogP contribution in [0.25, 0.3) is 0 Å². The number of rotatable bonds is 3. The van der Waals surface area contributed by atoms with Crippen LogP contribution in [-0.4, -0.2) is 22.9 Å². The van der Waals surface area contributed by atoms with Crippen molar-refractivity contribution >= 4 is 0 Å². The van der Waals surface area contributed by atoms with Crippen molar-refractivity contribution < 1.29 is 9.84 Å². The summed E-state index contributed by atoms with van der Waals surface area (Å²) in [6.45, 7) is 5.89. The normalized spacial score (nSPS) is 42.7. The monoisotopic (exact) mass is 223 g/mol. The maximum Gasteiger partial charge on any atom is 0.114 e. The Morgan fingerprint density at radius 3 is 2.69 bits per heavy atom. The predicted molar refractivity (Wildman–Crippen MR) is 60.6 cm³/mol. The molecule has 0 aromatic heterocycles. The van der Waals surface area contributed by atoms with Gasteiger partial charge in [0.15, 0.2) is 0 Å². The second-order valence-electron chi connectivity index (χ2n) is 5.57. The molecule has 90 valence electrons. The molecule has 5 unspecified atom stereocenters. The maximum atomic E-state index is 10.8. The van der Waals surface area contributed by atoms with E-state index in [9.17, 15) is 10.4 Å². The summed E-state index contributed by atoms with van der Waals surface area (Å²) in [7, 11) is 0. The fourth-order valence-electron chi connectivity index (χ4n) is 3.31. The highest BCUT2D eigenvalue weighted by atomic mass is 16.5. The number of fused-ring (bicyclic) bond motifs is 2. The summed E-state index contributed by atoms with van der Waals surface area (Å²) < 4.78 is 5.78. The van der Waals surface area contributed by atoms with Crippen molar-refractivity contribution in [2.24, 2.45) is 11.3 Å². The Bertz CT molecular complexity index is 320. The Hall–Kier alpha value is -0.590. The zero-order valence-corrected chi connectivity index (χ0v) is 10.4. The van der Waals surface area contributed by atoms with Crippen molar-refractivity contribution in [1.29, 1.82) is 5.26 Å².